The first-order valence-corrected chi connectivity index (χ1v) is 4.51. The van der Waals surface area contributed by atoms with Crippen LogP contribution in [0.1, 0.15) is 5.69 Å². The molecule has 0 saturated carbocycles. The smallest absolute Gasteiger partial charge is 0.298 e. The molecule has 1 aromatic heterocycles. The Morgan fingerprint density at radius 3 is 2.69 bits per heavy atom. The summed E-state index contributed by atoms with van der Waals surface area (Å²) in [6.45, 7) is 1.89. The van der Waals surface area contributed by atoms with E-state index >= 15 is 0 Å². The highest BCUT2D eigenvalue weighted by Gasteiger charge is 2.23. The van der Waals surface area contributed by atoms with Gasteiger partial charge in [-0.1, -0.05) is 0 Å². The molecule has 2 rings (SSSR count). The standard InChI is InChI=1S/C11H7NO4/c1-6-4-7(2-3-12-6)8-9(14)10(15)11(8)16-5-13/h2-5H,1H3. The first kappa shape index (κ1) is 10.2. The maximum atomic E-state index is 11.3. The Morgan fingerprint density at radius 1 is 1.31 bits per heavy atom. The van der Waals surface area contributed by atoms with Gasteiger partial charge >= 0.3 is 0 Å². The number of aryl methyl sites for hydroxylation is 1. The molecule has 5 heteroatoms. The van der Waals surface area contributed by atoms with Crippen LogP contribution in [0.2, 0.25) is 0 Å². The second kappa shape index (κ2) is 3.69. The van der Waals surface area contributed by atoms with Crippen LogP contribution in [0, 0.1) is 6.92 Å². The van der Waals surface area contributed by atoms with Crippen molar-refractivity contribution in [2.75, 3.05) is 0 Å². The molecule has 0 amide bonds. The Hall–Kier alpha value is -2.30. The fourth-order valence-corrected chi connectivity index (χ4v) is 1.49. The van der Waals surface area contributed by atoms with Crippen LogP contribution in [0.25, 0.3) is 11.1 Å². The molecule has 1 heterocycles. The van der Waals surface area contributed by atoms with Gasteiger partial charge in [-0.05, 0) is 24.6 Å². The molecule has 0 aliphatic carbocycles. The Labute approximate surface area is 90.0 Å². The molecule has 0 N–H and O–H groups in total. The Bertz CT molecular complexity index is 623. The molecule has 0 unspecified atom stereocenters. The molecule has 5 nitrogen and oxygen atoms in total. The van der Waals surface area contributed by atoms with Crippen LogP contribution in [0.3, 0.4) is 0 Å². The van der Waals surface area contributed by atoms with Crippen molar-refractivity contribution in [1.29, 1.82) is 0 Å². The van der Waals surface area contributed by atoms with Crippen LogP contribution in [0.15, 0.2) is 27.9 Å². The van der Waals surface area contributed by atoms with Crippen LogP contribution < -0.4 is 15.6 Å². The highest BCUT2D eigenvalue weighted by Crippen LogP contribution is 2.24. The molecule has 1 aromatic carbocycles. The third-order valence-electron chi connectivity index (χ3n) is 2.22. The predicted octanol–water partition coefficient (Wildman–Crippen LogP) is 0.188. The average Bonchev–Trinajstić information content (AvgIpc) is 2.28. The Morgan fingerprint density at radius 2 is 2.06 bits per heavy atom. The molecule has 2 aromatic rings. The Kier molecular flexibility index (Phi) is 2.36. The minimum atomic E-state index is -0.767. The highest BCUT2D eigenvalue weighted by molar-refractivity contribution is 5.75. The molecule has 0 aliphatic heterocycles. The van der Waals surface area contributed by atoms with Crippen LogP contribution in [-0.4, -0.2) is 11.5 Å². The molecule has 0 fully saturated rings. The summed E-state index contributed by atoms with van der Waals surface area (Å²) in [4.78, 5) is 36.6. The van der Waals surface area contributed by atoms with Gasteiger partial charge in [0.25, 0.3) is 11.9 Å². The quantitative estimate of drug-likeness (QED) is 0.542. The van der Waals surface area contributed by atoms with Crippen LogP contribution in [0.5, 0.6) is 5.75 Å². The maximum Gasteiger partial charge on any atom is 0.298 e. The molecule has 0 aliphatic rings. The van der Waals surface area contributed by atoms with Crippen molar-refractivity contribution in [2.24, 2.45) is 0 Å². The minimum Gasteiger partial charge on any atom is -0.424 e. The molecule has 0 atom stereocenters. The molecule has 0 spiro atoms. The number of carbonyl (C=O) groups excluding carboxylic acids is 1. The van der Waals surface area contributed by atoms with Crippen molar-refractivity contribution in [3.05, 3.63) is 44.5 Å². The van der Waals surface area contributed by atoms with Gasteiger partial charge in [0.1, 0.15) is 0 Å². The first-order chi connectivity index (χ1) is 7.65. The number of hydrogen-bond donors (Lipinski definition) is 0. The summed E-state index contributed by atoms with van der Waals surface area (Å²) in [5.74, 6) is -0.189. The number of carbonyl (C=O) groups is 1. The number of ether oxygens (including phenoxy) is 1. The molecular formula is C11H7NO4. The third kappa shape index (κ3) is 1.42. The van der Waals surface area contributed by atoms with Crippen molar-refractivity contribution in [1.82, 2.24) is 4.98 Å². The highest BCUT2D eigenvalue weighted by atomic mass is 16.5. The van der Waals surface area contributed by atoms with E-state index in [4.69, 9.17) is 0 Å². The van der Waals surface area contributed by atoms with E-state index in [-0.39, 0.29) is 17.8 Å². The van der Waals surface area contributed by atoms with Crippen LogP contribution >= 0.6 is 0 Å². The van der Waals surface area contributed by atoms with Gasteiger partial charge in [0.2, 0.25) is 5.43 Å². The van der Waals surface area contributed by atoms with E-state index in [1.165, 1.54) is 6.20 Å². The van der Waals surface area contributed by atoms with E-state index in [9.17, 15) is 14.4 Å². The zero-order valence-corrected chi connectivity index (χ0v) is 8.39. The summed E-state index contributed by atoms with van der Waals surface area (Å²) in [6.07, 6.45) is 1.52. The fraction of sp³-hybridized carbons (Fsp3) is 0.0909. The lowest BCUT2D eigenvalue weighted by Gasteiger charge is -2.08. The van der Waals surface area contributed by atoms with Gasteiger partial charge in [0.05, 0.1) is 5.56 Å². The molecule has 0 radical (unpaired) electrons. The van der Waals surface area contributed by atoms with Crippen molar-refractivity contribution in [3.63, 3.8) is 0 Å². The first-order valence-electron chi connectivity index (χ1n) is 4.51. The van der Waals surface area contributed by atoms with E-state index in [2.05, 4.69) is 9.72 Å². The van der Waals surface area contributed by atoms with Crippen molar-refractivity contribution in [2.45, 2.75) is 6.92 Å². The number of nitrogens with zero attached hydrogens (tertiary/aromatic N) is 1. The van der Waals surface area contributed by atoms with Gasteiger partial charge in [0, 0.05) is 11.9 Å². The number of hydrogen-bond acceptors (Lipinski definition) is 5. The van der Waals surface area contributed by atoms with E-state index in [0.717, 1.165) is 0 Å². The topological polar surface area (TPSA) is 73.3 Å². The molecule has 16 heavy (non-hydrogen) atoms. The summed E-state index contributed by atoms with van der Waals surface area (Å²) >= 11 is 0. The van der Waals surface area contributed by atoms with Crippen LogP contribution in [-0.2, 0) is 4.79 Å². The lowest BCUT2D eigenvalue weighted by atomic mass is 10.0. The van der Waals surface area contributed by atoms with Gasteiger partial charge in [0.15, 0.2) is 5.75 Å². The number of pyridine rings is 1. The lowest BCUT2D eigenvalue weighted by molar-refractivity contribution is -0.120. The minimum absolute atomic E-state index is 0.133. The van der Waals surface area contributed by atoms with Crippen LogP contribution in [0.4, 0.5) is 0 Å². The summed E-state index contributed by atoms with van der Waals surface area (Å²) < 4.78 is 4.48. The average molecular weight is 217 g/mol. The molecule has 0 saturated heterocycles. The summed E-state index contributed by atoms with van der Waals surface area (Å²) in [7, 11) is 0. The van der Waals surface area contributed by atoms with Gasteiger partial charge in [-0.15, -0.1) is 0 Å². The second-order valence-corrected chi connectivity index (χ2v) is 3.26. The predicted molar refractivity (Wildman–Crippen MR) is 56.0 cm³/mol. The normalized spacial score (nSPS) is 10.3. The molecular weight excluding hydrogens is 210 g/mol. The van der Waals surface area contributed by atoms with Crippen molar-refractivity contribution < 1.29 is 9.53 Å². The number of aromatic nitrogens is 1. The van der Waals surface area contributed by atoms with Gasteiger partial charge in [-0.3, -0.25) is 19.4 Å². The zero-order valence-electron chi connectivity index (χ0n) is 8.39. The van der Waals surface area contributed by atoms with Gasteiger partial charge in [-0.2, -0.15) is 0 Å². The second-order valence-electron chi connectivity index (χ2n) is 3.26. The van der Waals surface area contributed by atoms with E-state index in [1.807, 2.05) is 0 Å². The summed E-state index contributed by atoms with van der Waals surface area (Å²) in [5.41, 5.74) is -0.0156. The van der Waals surface area contributed by atoms with Crippen molar-refractivity contribution in [3.8, 4) is 16.9 Å². The lowest BCUT2D eigenvalue weighted by Crippen LogP contribution is -2.34. The number of rotatable bonds is 3. The molecule has 0 bridgehead atoms. The monoisotopic (exact) mass is 217 g/mol. The van der Waals surface area contributed by atoms with Crippen molar-refractivity contribution >= 4 is 6.47 Å². The van der Waals surface area contributed by atoms with E-state index < -0.39 is 10.9 Å². The maximum absolute atomic E-state index is 11.3. The van der Waals surface area contributed by atoms with E-state index in [0.29, 0.717) is 11.3 Å². The zero-order chi connectivity index (χ0) is 11.7. The van der Waals surface area contributed by atoms with E-state index in [1.54, 1.807) is 19.1 Å². The summed E-state index contributed by atoms with van der Waals surface area (Å²) in [5, 5.41) is 0. The van der Waals surface area contributed by atoms with Gasteiger partial charge < -0.3 is 4.74 Å². The third-order valence-corrected chi connectivity index (χ3v) is 2.22. The SMILES string of the molecule is Cc1cc(-c2c(OC=O)c(=O)c2=O)ccn1. The summed E-state index contributed by atoms with van der Waals surface area (Å²) in [6, 6.07) is 3.23. The molecule has 80 valence electrons. The van der Waals surface area contributed by atoms with Gasteiger partial charge in [-0.25, -0.2) is 0 Å². The fourth-order valence-electron chi connectivity index (χ4n) is 1.49. The Balaban J connectivity index is 2.57. The largest absolute Gasteiger partial charge is 0.424 e.